The van der Waals surface area contributed by atoms with Crippen LogP contribution in [-0.4, -0.2) is 84.3 Å². The fourth-order valence-corrected chi connectivity index (χ4v) is 4.98. The summed E-state index contributed by atoms with van der Waals surface area (Å²) in [6.07, 6.45) is 4.54. The lowest BCUT2D eigenvalue weighted by atomic mass is 9.89. The van der Waals surface area contributed by atoms with Crippen LogP contribution >= 0.6 is 0 Å². The van der Waals surface area contributed by atoms with E-state index in [0.717, 1.165) is 51.7 Å². The van der Waals surface area contributed by atoms with Gasteiger partial charge in [0.25, 0.3) is 0 Å². The Bertz CT molecular complexity index is 640. The molecule has 0 aromatic heterocycles. The SMILES string of the molecule is CC1(NCC(=O)N2CCC[C@H]2C#N)CCN(C[C@H]2C[C@H]3OC(C)(C)O[C@H]3O2)CC1. The van der Waals surface area contributed by atoms with E-state index < -0.39 is 5.79 Å². The van der Waals surface area contributed by atoms with Gasteiger partial charge in [0.1, 0.15) is 12.1 Å². The average Bonchev–Trinajstić information content (AvgIpc) is 3.34. The lowest BCUT2D eigenvalue weighted by Gasteiger charge is -2.41. The van der Waals surface area contributed by atoms with Crippen LogP contribution in [0.2, 0.25) is 0 Å². The summed E-state index contributed by atoms with van der Waals surface area (Å²) in [7, 11) is 0. The number of nitrogens with one attached hydrogen (secondary N) is 1. The molecule has 0 aromatic rings. The molecule has 8 nitrogen and oxygen atoms in total. The van der Waals surface area contributed by atoms with Crippen molar-refractivity contribution in [2.45, 2.75) is 88.7 Å². The molecule has 0 bridgehead atoms. The van der Waals surface area contributed by atoms with E-state index in [9.17, 15) is 10.1 Å². The Balaban J connectivity index is 1.18. The van der Waals surface area contributed by atoms with Gasteiger partial charge in [0.05, 0.1) is 18.7 Å². The minimum atomic E-state index is -0.543. The first kappa shape index (κ1) is 21.0. The van der Waals surface area contributed by atoms with E-state index in [1.165, 1.54) is 0 Å². The average molecular weight is 407 g/mol. The van der Waals surface area contributed by atoms with Crippen molar-refractivity contribution in [2.24, 2.45) is 0 Å². The van der Waals surface area contributed by atoms with Gasteiger partial charge in [-0.15, -0.1) is 0 Å². The topological polar surface area (TPSA) is 87.1 Å². The molecule has 0 radical (unpaired) electrons. The van der Waals surface area contributed by atoms with Crippen molar-refractivity contribution in [3.8, 4) is 6.07 Å². The van der Waals surface area contributed by atoms with Gasteiger partial charge < -0.3 is 29.3 Å². The zero-order chi connectivity index (χ0) is 20.6. The molecule has 4 aliphatic rings. The minimum Gasteiger partial charge on any atom is -0.345 e. The monoisotopic (exact) mass is 406 g/mol. The molecule has 4 fully saturated rings. The first-order valence-electron chi connectivity index (χ1n) is 10.9. The second-order valence-electron chi connectivity index (χ2n) is 9.63. The van der Waals surface area contributed by atoms with E-state index in [0.29, 0.717) is 13.1 Å². The molecule has 4 heterocycles. The van der Waals surface area contributed by atoms with Gasteiger partial charge in [-0.1, -0.05) is 0 Å². The number of nitrogens with zero attached hydrogens (tertiary/aromatic N) is 3. The van der Waals surface area contributed by atoms with E-state index in [1.807, 2.05) is 13.8 Å². The number of ether oxygens (including phenoxy) is 3. The highest BCUT2D eigenvalue weighted by Gasteiger charge is 2.48. The van der Waals surface area contributed by atoms with Gasteiger partial charge in [0.2, 0.25) is 5.91 Å². The lowest BCUT2D eigenvalue weighted by Crippen LogP contribution is -2.55. The van der Waals surface area contributed by atoms with Crippen molar-refractivity contribution >= 4 is 5.91 Å². The summed E-state index contributed by atoms with van der Waals surface area (Å²) in [5.74, 6) is -0.495. The highest BCUT2D eigenvalue weighted by Crippen LogP contribution is 2.37. The van der Waals surface area contributed by atoms with Crippen LogP contribution in [0.5, 0.6) is 0 Å². The van der Waals surface area contributed by atoms with Crippen molar-refractivity contribution < 1.29 is 19.0 Å². The van der Waals surface area contributed by atoms with Crippen molar-refractivity contribution in [3.63, 3.8) is 0 Å². The first-order valence-corrected chi connectivity index (χ1v) is 10.9. The third kappa shape index (κ3) is 4.75. The number of piperidine rings is 1. The molecule has 162 valence electrons. The van der Waals surface area contributed by atoms with Crippen LogP contribution in [0, 0.1) is 11.3 Å². The largest absolute Gasteiger partial charge is 0.345 e. The number of nitriles is 1. The Morgan fingerprint density at radius 2 is 1.97 bits per heavy atom. The molecule has 1 N–H and O–H groups in total. The second kappa shape index (κ2) is 8.12. The molecular weight excluding hydrogens is 372 g/mol. The fraction of sp³-hybridized carbons (Fsp3) is 0.905. The van der Waals surface area contributed by atoms with Crippen LogP contribution in [0.1, 0.15) is 52.9 Å². The molecule has 0 spiro atoms. The number of likely N-dealkylation sites (tertiary alicyclic amines) is 2. The number of hydrogen-bond acceptors (Lipinski definition) is 7. The maximum Gasteiger partial charge on any atom is 0.237 e. The van der Waals surface area contributed by atoms with Crippen LogP contribution < -0.4 is 5.32 Å². The van der Waals surface area contributed by atoms with Crippen LogP contribution in [0.3, 0.4) is 0 Å². The third-order valence-corrected chi connectivity index (χ3v) is 6.77. The van der Waals surface area contributed by atoms with E-state index >= 15 is 0 Å². The van der Waals surface area contributed by atoms with Crippen molar-refractivity contribution in [1.29, 1.82) is 5.26 Å². The number of carbonyl (C=O) groups is 1. The highest BCUT2D eigenvalue weighted by molar-refractivity contribution is 5.79. The zero-order valence-corrected chi connectivity index (χ0v) is 17.9. The van der Waals surface area contributed by atoms with Gasteiger partial charge in [0.15, 0.2) is 12.1 Å². The van der Waals surface area contributed by atoms with Gasteiger partial charge in [0, 0.05) is 25.0 Å². The maximum atomic E-state index is 12.5. The van der Waals surface area contributed by atoms with Crippen LogP contribution in [0.15, 0.2) is 0 Å². The zero-order valence-electron chi connectivity index (χ0n) is 17.9. The van der Waals surface area contributed by atoms with Crippen molar-refractivity contribution in [1.82, 2.24) is 15.1 Å². The Kier molecular flexibility index (Phi) is 5.88. The Hall–Kier alpha value is -1.24. The lowest BCUT2D eigenvalue weighted by molar-refractivity contribution is -0.206. The number of hydrogen-bond donors (Lipinski definition) is 1. The summed E-state index contributed by atoms with van der Waals surface area (Å²) < 4.78 is 17.8. The van der Waals surface area contributed by atoms with Gasteiger partial charge in [-0.05, 0) is 59.5 Å². The molecule has 1 amide bonds. The Morgan fingerprint density at radius 1 is 1.21 bits per heavy atom. The van der Waals surface area contributed by atoms with Crippen molar-refractivity contribution in [3.05, 3.63) is 0 Å². The number of fused-ring (bicyclic) bond motifs is 1. The maximum absolute atomic E-state index is 12.5. The Labute approximate surface area is 173 Å². The van der Waals surface area contributed by atoms with Gasteiger partial charge in [-0.25, -0.2) is 0 Å². The van der Waals surface area contributed by atoms with Crippen LogP contribution in [0.25, 0.3) is 0 Å². The van der Waals surface area contributed by atoms with Crippen molar-refractivity contribution in [2.75, 3.05) is 32.7 Å². The molecule has 29 heavy (non-hydrogen) atoms. The molecule has 4 rings (SSSR count). The van der Waals surface area contributed by atoms with Crippen LogP contribution in [0.4, 0.5) is 0 Å². The summed E-state index contributed by atoms with van der Waals surface area (Å²) in [6, 6.07) is 2.00. The molecule has 0 aliphatic carbocycles. The molecule has 4 saturated heterocycles. The molecule has 8 heteroatoms. The van der Waals surface area contributed by atoms with E-state index in [2.05, 4.69) is 23.2 Å². The first-order chi connectivity index (χ1) is 13.8. The molecule has 0 saturated carbocycles. The molecule has 0 aromatic carbocycles. The Morgan fingerprint density at radius 3 is 2.66 bits per heavy atom. The normalized spacial score (nSPS) is 36.1. The van der Waals surface area contributed by atoms with Gasteiger partial charge >= 0.3 is 0 Å². The predicted molar refractivity (Wildman–Crippen MR) is 106 cm³/mol. The third-order valence-electron chi connectivity index (χ3n) is 6.77. The summed E-state index contributed by atoms with van der Waals surface area (Å²) >= 11 is 0. The van der Waals surface area contributed by atoms with Gasteiger partial charge in [-0.2, -0.15) is 5.26 Å². The molecule has 4 aliphatic heterocycles. The van der Waals surface area contributed by atoms with E-state index in [-0.39, 0.29) is 36.0 Å². The number of rotatable bonds is 5. The number of carbonyl (C=O) groups excluding carboxylic acids is 1. The summed E-state index contributed by atoms with van der Waals surface area (Å²) in [6.45, 7) is 9.92. The van der Waals surface area contributed by atoms with Crippen LogP contribution in [-0.2, 0) is 19.0 Å². The predicted octanol–water partition coefficient (Wildman–Crippen LogP) is 1.21. The molecule has 0 unspecified atom stereocenters. The summed E-state index contributed by atoms with van der Waals surface area (Å²) in [5.41, 5.74) is -0.0443. The standard InChI is InChI=1S/C21H34N4O4/c1-20(2)28-17-11-16(27-19(17)29-20)14-24-9-6-21(3,7-10-24)23-13-18(26)25-8-4-5-15(25)12-22/h15-17,19,23H,4-11,13-14H2,1-3H3/t15-,16+,17+,19+/m0/s1. The molecular formula is C21H34N4O4. The van der Waals surface area contributed by atoms with E-state index in [1.54, 1.807) is 4.90 Å². The minimum absolute atomic E-state index is 0.0422. The fourth-order valence-electron chi connectivity index (χ4n) is 4.98. The smallest absolute Gasteiger partial charge is 0.237 e. The van der Waals surface area contributed by atoms with Gasteiger partial charge in [-0.3, -0.25) is 4.79 Å². The molecule has 4 atom stereocenters. The quantitative estimate of drug-likeness (QED) is 0.734. The van der Waals surface area contributed by atoms with E-state index in [4.69, 9.17) is 14.2 Å². The number of amides is 1. The summed E-state index contributed by atoms with van der Waals surface area (Å²) in [5, 5.41) is 12.7. The summed E-state index contributed by atoms with van der Waals surface area (Å²) in [4.78, 5) is 16.7. The second-order valence-corrected chi connectivity index (χ2v) is 9.63. The highest BCUT2D eigenvalue weighted by atomic mass is 16.8.